The number of nitrogens with zero attached hydrogens (tertiary/aromatic N) is 4. The zero-order valence-electron chi connectivity index (χ0n) is 13.6. The number of amides is 2. The first-order valence-corrected chi connectivity index (χ1v) is 8.17. The molecule has 0 fully saturated rings. The normalized spacial score (nSPS) is 13.3. The fourth-order valence-corrected chi connectivity index (χ4v) is 3.04. The first-order chi connectivity index (χ1) is 12.2. The molecule has 7 heteroatoms. The van der Waals surface area contributed by atoms with E-state index in [4.69, 9.17) is 0 Å². The van der Waals surface area contributed by atoms with E-state index in [0.717, 1.165) is 16.8 Å². The van der Waals surface area contributed by atoms with E-state index in [-0.39, 0.29) is 11.8 Å². The van der Waals surface area contributed by atoms with Crippen LogP contribution in [0, 0.1) is 0 Å². The van der Waals surface area contributed by atoms with Gasteiger partial charge in [-0.3, -0.25) is 9.59 Å². The molecular formula is C18H17N5O2. The van der Waals surface area contributed by atoms with E-state index in [2.05, 4.69) is 15.4 Å². The molecule has 25 heavy (non-hydrogen) atoms. The molecule has 1 aliphatic heterocycles. The number of aromatic nitrogens is 3. The smallest absolute Gasteiger partial charge is 0.254 e. The van der Waals surface area contributed by atoms with Gasteiger partial charge in [0, 0.05) is 25.1 Å². The van der Waals surface area contributed by atoms with E-state index in [1.165, 1.54) is 6.33 Å². The molecule has 0 aliphatic carbocycles. The minimum Gasteiger partial charge on any atom is -0.334 e. The van der Waals surface area contributed by atoms with Gasteiger partial charge in [-0.2, -0.15) is 5.10 Å². The quantitative estimate of drug-likeness (QED) is 0.774. The topological polar surface area (TPSA) is 79.6 Å². The number of rotatable bonds is 5. The van der Waals surface area contributed by atoms with Crippen molar-refractivity contribution < 1.29 is 9.59 Å². The fourth-order valence-electron chi connectivity index (χ4n) is 3.04. The Balaban J connectivity index is 1.29. The average molecular weight is 335 g/mol. The molecule has 1 N–H and O–H groups in total. The van der Waals surface area contributed by atoms with Gasteiger partial charge in [0.2, 0.25) is 5.91 Å². The second-order valence-electron chi connectivity index (χ2n) is 6.02. The van der Waals surface area contributed by atoms with Crippen molar-refractivity contribution in [2.45, 2.75) is 19.4 Å². The summed E-state index contributed by atoms with van der Waals surface area (Å²) in [5.41, 5.74) is 3.23. The molecule has 7 nitrogen and oxygen atoms in total. The lowest BCUT2D eigenvalue weighted by atomic mass is 10.1. The van der Waals surface area contributed by atoms with E-state index in [0.29, 0.717) is 31.6 Å². The number of carbonyl (C=O) groups is 2. The highest BCUT2D eigenvalue weighted by Gasteiger charge is 2.26. The van der Waals surface area contributed by atoms with Gasteiger partial charge in [0.25, 0.3) is 5.91 Å². The molecule has 0 bridgehead atoms. The lowest BCUT2D eigenvalue weighted by Gasteiger charge is -2.15. The highest BCUT2D eigenvalue weighted by molar-refractivity contribution is 5.98. The maximum atomic E-state index is 12.3. The van der Waals surface area contributed by atoms with Crippen LogP contribution >= 0.6 is 0 Å². The van der Waals surface area contributed by atoms with Crippen molar-refractivity contribution in [1.82, 2.24) is 19.5 Å². The van der Waals surface area contributed by atoms with E-state index < -0.39 is 0 Å². The van der Waals surface area contributed by atoms with Gasteiger partial charge in [-0.25, -0.2) is 9.50 Å². The summed E-state index contributed by atoms with van der Waals surface area (Å²) in [5.74, 6) is -0.0312. The average Bonchev–Trinajstić information content (AvgIpc) is 3.20. The summed E-state index contributed by atoms with van der Waals surface area (Å²) >= 11 is 0. The van der Waals surface area contributed by atoms with Crippen molar-refractivity contribution in [3.05, 3.63) is 60.0 Å². The van der Waals surface area contributed by atoms with E-state index in [9.17, 15) is 9.59 Å². The number of carbonyl (C=O) groups excluding carboxylic acids is 2. The lowest BCUT2D eigenvalue weighted by Crippen LogP contribution is -2.26. The first-order valence-electron chi connectivity index (χ1n) is 8.17. The zero-order valence-corrected chi connectivity index (χ0v) is 13.6. The van der Waals surface area contributed by atoms with Gasteiger partial charge in [-0.15, -0.1) is 0 Å². The maximum absolute atomic E-state index is 12.3. The molecule has 126 valence electrons. The molecule has 0 radical (unpaired) electrons. The van der Waals surface area contributed by atoms with Crippen molar-refractivity contribution in [1.29, 1.82) is 0 Å². The van der Waals surface area contributed by atoms with Crippen molar-refractivity contribution >= 4 is 23.1 Å². The first kappa shape index (κ1) is 15.3. The third-order valence-corrected chi connectivity index (χ3v) is 4.29. The molecule has 3 heterocycles. The Morgan fingerprint density at radius 1 is 1.20 bits per heavy atom. The molecule has 1 aliphatic rings. The Kier molecular flexibility index (Phi) is 3.89. The molecule has 3 aromatic rings. The summed E-state index contributed by atoms with van der Waals surface area (Å²) in [4.78, 5) is 30.2. The second kappa shape index (κ2) is 6.35. The van der Waals surface area contributed by atoms with Crippen molar-refractivity contribution in [2.75, 3.05) is 11.9 Å². The zero-order chi connectivity index (χ0) is 17.2. The fraction of sp³-hybridized carbons (Fsp3) is 0.222. The summed E-state index contributed by atoms with van der Waals surface area (Å²) in [6.45, 7) is 1.20. The number of pyridine rings is 1. The van der Waals surface area contributed by atoms with E-state index in [1.807, 2.05) is 24.3 Å². The van der Waals surface area contributed by atoms with Crippen molar-refractivity contribution in [3.63, 3.8) is 0 Å². The van der Waals surface area contributed by atoms with Crippen molar-refractivity contribution in [2.24, 2.45) is 0 Å². The van der Waals surface area contributed by atoms with Crippen LogP contribution in [0.5, 0.6) is 0 Å². The molecule has 0 unspecified atom stereocenters. The third-order valence-electron chi connectivity index (χ3n) is 4.29. The standard InChI is InChI=1S/C18H17N5O2/c24-17(21-14-7-8-16-19-12-20-23(16)11-14)6-3-9-22-10-13-4-1-2-5-15(13)18(22)25/h1-2,4-5,7-8,11-12H,3,6,9-10H2,(H,21,24). The monoisotopic (exact) mass is 335 g/mol. The minimum absolute atomic E-state index is 0.0487. The Morgan fingerprint density at radius 2 is 2.08 bits per heavy atom. The molecule has 0 saturated carbocycles. The van der Waals surface area contributed by atoms with E-state index in [1.54, 1.807) is 27.7 Å². The molecule has 1 aromatic carbocycles. The number of benzene rings is 1. The molecule has 2 amide bonds. The van der Waals surface area contributed by atoms with Gasteiger partial charge in [-0.1, -0.05) is 18.2 Å². The molecule has 0 atom stereocenters. The number of hydrogen-bond acceptors (Lipinski definition) is 4. The van der Waals surface area contributed by atoms with Gasteiger partial charge in [0.05, 0.1) is 11.9 Å². The SMILES string of the molecule is O=C(CCCN1Cc2ccccc2C1=O)Nc1ccc2ncnn2c1. The van der Waals surface area contributed by atoms with Gasteiger partial charge in [0.1, 0.15) is 6.33 Å². The van der Waals surface area contributed by atoms with Gasteiger partial charge in [-0.05, 0) is 30.2 Å². The Morgan fingerprint density at radius 3 is 2.96 bits per heavy atom. The van der Waals surface area contributed by atoms with Crippen LogP contribution in [0.1, 0.15) is 28.8 Å². The van der Waals surface area contributed by atoms with Gasteiger partial charge >= 0.3 is 0 Å². The Hall–Kier alpha value is -3.22. The molecule has 2 aromatic heterocycles. The lowest BCUT2D eigenvalue weighted by molar-refractivity contribution is -0.116. The Labute approximate surface area is 144 Å². The molecular weight excluding hydrogens is 318 g/mol. The van der Waals surface area contributed by atoms with E-state index >= 15 is 0 Å². The van der Waals surface area contributed by atoms with Crippen molar-refractivity contribution in [3.8, 4) is 0 Å². The molecule has 0 saturated heterocycles. The molecule has 4 rings (SSSR count). The van der Waals surface area contributed by atoms with Crippen LogP contribution in [-0.2, 0) is 11.3 Å². The van der Waals surface area contributed by atoms with Gasteiger partial charge in [0.15, 0.2) is 5.65 Å². The van der Waals surface area contributed by atoms with Crippen LogP contribution in [0.15, 0.2) is 48.9 Å². The van der Waals surface area contributed by atoms with Crippen LogP contribution in [0.2, 0.25) is 0 Å². The summed E-state index contributed by atoms with van der Waals surface area (Å²) in [5, 5.41) is 6.89. The molecule has 0 spiro atoms. The van der Waals surface area contributed by atoms with Crippen LogP contribution < -0.4 is 5.32 Å². The van der Waals surface area contributed by atoms with Crippen LogP contribution in [0.25, 0.3) is 5.65 Å². The number of anilines is 1. The Bertz CT molecular complexity index is 949. The number of fused-ring (bicyclic) bond motifs is 2. The van der Waals surface area contributed by atoms with Crippen LogP contribution in [-0.4, -0.2) is 37.9 Å². The third kappa shape index (κ3) is 3.08. The van der Waals surface area contributed by atoms with Crippen LogP contribution in [0.3, 0.4) is 0 Å². The summed E-state index contributed by atoms with van der Waals surface area (Å²) < 4.78 is 1.61. The maximum Gasteiger partial charge on any atom is 0.254 e. The summed E-state index contributed by atoms with van der Waals surface area (Å²) in [6.07, 6.45) is 4.17. The van der Waals surface area contributed by atoms with Crippen LogP contribution in [0.4, 0.5) is 5.69 Å². The van der Waals surface area contributed by atoms with Gasteiger partial charge < -0.3 is 10.2 Å². The number of hydrogen-bond donors (Lipinski definition) is 1. The highest BCUT2D eigenvalue weighted by Crippen LogP contribution is 2.22. The highest BCUT2D eigenvalue weighted by atomic mass is 16.2. The summed E-state index contributed by atoms with van der Waals surface area (Å²) in [6, 6.07) is 11.2. The predicted molar refractivity (Wildman–Crippen MR) is 92.0 cm³/mol. The summed E-state index contributed by atoms with van der Waals surface area (Å²) in [7, 11) is 0. The largest absolute Gasteiger partial charge is 0.334 e. The number of nitrogens with one attached hydrogen (secondary N) is 1. The second-order valence-corrected chi connectivity index (χ2v) is 6.02. The predicted octanol–water partition coefficient (Wildman–Crippen LogP) is 2.10. The minimum atomic E-state index is -0.0800.